The second-order valence-corrected chi connectivity index (χ2v) is 7.68. The fraction of sp³-hybridized carbons (Fsp3) is 0.333. The zero-order valence-corrected chi connectivity index (χ0v) is 17.2. The molecule has 0 radical (unpaired) electrons. The lowest BCUT2D eigenvalue weighted by Crippen LogP contribution is -2.46. The molecule has 4 rings (SSSR count). The zero-order chi connectivity index (χ0) is 20.9. The van der Waals surface area contributed by atoms with Crippen molar-refractivity contribution < 1.29 is 14.3 Å². The molecule has 1 aliphatic heterocycles. The summed E-state index contributed by atoms with van der Waals surface area (Å²) in [7, 11) is 1.59. The molecule has 0 atom stereocenters. The molecular formula is C24H27N3O3. The number of piperidine rings is 1. The van der Waals surface area contributed by atoms with Crippen LogP contribution in [-0.4, -0.2) is 47.5 Å². The standard InChI is InChI=1S/C24H27N3O3/c1-30-21-7-4-6-19(17-21)24(29)25-20-10-14-27(15-11-20)23(28)12-16-26-13-9-18-5-2-3-8-22(18)26/h2-9,13,17,20H,10-12,14-16H2,1H3,(H,25,29). The van der Waals surface area contributed by atoms with Crippen LogP contribution >= 0.6 is 0 Å². The van der Waals surface area contributed by atoms with Crippen LogP contribution in [-0.2, 0) is 11.3 Å². The highest BCUT2D eigenvalue weighted by molar-refractivity contribution is 5.94. The molecule has 3 aromatic rings. The van der Waals surface area contributed by atoms with Crippen molar-refractivity contribution in [2.45, 2.75) is 31.8 Å². The molecule has 0 saturated carbocycles. The van der Waals surface area contributed by atoms with E-state index in [4.69, 9.17) is 4.74 Å². The van der Waals surface area contributed by atoms with Crippen LogP contribution in [0.3, 0.4) is 0 Å². The van der Waals surface area contributed by atoms with Crippen LogP contribution in [0.4, 0.5) is 0 Å². The summed E-state index contributed by atoms with van der Waals surface area (Å²) in [4.78, 5) is 27.1. The minimum Gasteiger partial charge on any atom is -0.497 e. The van der Waals surface area contributed by atoms with Gasteiger partial charge in [-0.1, -0.05) is 24.3 Å². The quantitative estimate of drug-likeness (QED) is 0.683. The number of nitrogens with zero attached hydrogens (tertiary/aromatic N) is 2. The molecule has 1 saturated heterocycles. The number of amides is 2. The van der Waals surface area contributed by atoms with Gasteiger partial charge in [-0.15, -0.1) is 0 Å². The van der Waals surface area contributed by atoms with E-state index in [0.717, 1.165) is 18.4 Å². The second kappa shape index (κ2) is 9.03. The van der Waals surface area contributed by atoms with E-state index in [2.05, 4.69) is 28.1 Å². The highest BCUT2D eigenvalue weighted by Gasteiger charge is 2.24. The van der Waals surface area contributed by atoms with Gasteiger partial charge in [-0.3, -0.25) is 9.59 Å². The molecule has 1 N–H and O–H groups in total. The van der Waals surface area contributed by atoms with E-state index in [0.29, 0.717) is 37.4 Å². The number of rotatable bonds is 6. The summed E-state index contributed by atoms with van der Waals surface area (Å²) in [6.45, 7) is 2.03. The van der Waals surface area contributed by atoms with Crippen LogP contribution in [0.15, 0.2) is 60.8 Å². The van der Waals surface area contributed by atoms with Crippen molar-refractivity contribution in [1.29, 1.82) is 0 Å². The van der Waals surface area contributed by atoms with Crippen molar-refractivity contribution in [2.75, 3.05) is 20.2 Å². The SMILES string of the molecule is COc1cccc(C(=O)NC2CCN(C(=O)CCn3ccc4ccccc43)CC2)c1. The van der Waals surface area contributed by atoms with Crippen LogP contribution in [0.5, 0.6) is 5.75 Å². The summed E-state index contributed by atoms with van der Waals surface area (Å²) in [6.07, 6.45) is 4.07. The number of hydrogen-bond donors (Lipinski definition) is 1. The lowest BCUT2D eigenvalue weighted by Gasteiger charge is -2.32. The summed E-state index contributed by atoms with van der Waals surface area (Å²) in [5.41, 5.74) is 1.75. The first kappa shape index (κ1) is 20.0. The van der Waals surface area contributed by atoms with E-state index in [1.165, 1.54) is 5.39 Å². The predicted octanol–water partition coefficient (Wildman–Crippen LogP) is 3.46. The number of para-hydroxylation sites is 1. The molecule has 1 fully saturated rings. The summed E-state index contributed by atoms with van der Waals surface area (Å²) < 4.78 is 7.32. The fourth-order valence-corrected chi connectivity index (χ4v) is 4.02. The topological polar surface area (TPSA) is 63.6 Å². The predicted molar refractivity (Wildman–Crippen MR) is 117 cm³/mol. The van der Waals surface area contributed by atoms with E-state index < -0.39 is 0 Å². The lowest BCUT2D eigenvalue weighted by molar-refractivity contribution is -0.132. The molecule has 0 unspecified atom stereocenters. The Hall–Kier alpha value is -3.28. The largest absolute Gasteiger partial charge is 0.497 e. The third-order valence-corrected chi connectivity index (χ3v) is 5.76. The molecule has 2 aromatic carbocycles. The monoisotopic (exact) mass is 405 g/mol. The maximum atomic E-state index is 12.7. The smallest absolute Gasteiger partial charge is 0.251 e. The molecule has 0 aliphatic carbocycles. The van der Waals surface area contributed by atoms with E-state index in [-0.39, 0.29) is 17.9 Å². The minimum atomic E-state index is -0.0989. The third kappa shape index (κ3) is 4.48. The van der Waals surface area contributed by atoms with E-state index in [9.17, 15) is 9.59 Å². The Kier molecular flexibility index (Phi) is 6.02. The normalized spacial score (nSPS) is 14.6. The van der Waals surface area contributed by atoms with Gasteiger partial charge in [0.25, 0.3) is 5.91 Å². The highest BCUT2D eigenvalue weighted by atomic mass is 16.5. The van der Waals surface area contributed by atoms with Crippen LogP contribution in [0.2, 0.25) is 0 Å². The molecule has 6 nitrogen and oxygen atoms in total. The average Bonchev–Trinajstić information content (AvgIpc) is 3.21. The fourth-order valence-electron chi connectivity index (χ4n) is 4.02. The zero-order valence-electron chi connectivity index (χ0n) is 17.2. The molecule has 2 amide bonds. The molecule has 30 heavy (non-hydrogen) atoms. The number of carbonyl (C=O) groups excluding carboxylic acids is 2. The molecule has 156 valence electrons. The number of aromatic nitrogens is 1. The number of carbonyl (C=O) groups is 2. The Morgan fingerprint density at radius 1 is 1.07 bits per heavy atom. The Morgan fingerprint density at radius 2 is 1.87 bits per heavy atom. The first-order valence-electron chi connectivity index (χ1n) is 10.4. The number of likely N-dealkylation sites (tertiary alicyclic amines) is 1. The van der Waals surface area contributed by atoms with Crippen molar-refractivity contribution in [2.24, 2.45) is 0 Å². The number of aryl methyl sites for hydroxylation is 1. The van der Waals surface area contributed by atoms with Gasteiger partial charge in [0, 0.05) is 49.4 Å². The van der Waals surface area contributed by atoms with E-state index in [1.54, 1.807) is 19.2 Å². The van der Waals surface area contributed by atoms with Crippen molar-refractivity contribution in [3.8, 4) is 5.75 Å². The first-order chi connectivity index (χ1) is 14.6. The van der Waals surface area contributed by atoms with Gasteiger partial charge in [0.05, 0.1) is 7.11 Å². The molecular weight excluding hydrogens is 378 g/mol. The van der Waals surface area contributed by atoms with Crippen molar-refractivity contribution >= 4 is 22.7 Å². The van der Waals surface area contributed by atoms with Crippen molar-refractivity contribution in [3.05, 3.63) is 66.4 Å². The second-order valence-electron chi connectivity index (χ2n) is 7.68. The van der Waals surface area contributed by atoms with Gasteiger partial charge in [-0.05, 0) is 48.6 Å². The van der Waals surface area contributed by atoms with Crippen LogP contribution in [0, 0.1) is 0 Å². The summed E-state index contributed by atoms with van der Waals surface area (Å²) in [5.74, 6) is 0.738. The molecule has 2 heterocycles. The Labute approximate surface area is 176 Å². The molecule has 1 aliphatic rings. The van der Waals surface area contributed by atoms with Crippen LogP contribution < -0.4 is 10.1 Å². The van der Waals surface area contributed by atoms with E-state index in [1.807, 2.05) is 35.4 Å². The number of hydrogen-bond acceptors (Lipinski definition) is 3. The summed E-state index contributed by atoms with van der Waals surface area (Å²) in [5, 5.41) is 4.28. The van der Waals surface area contributed by atoms with Crippen LogP contribution in [0.1, 0.15) is 29.6 Å². The Morgan fingerprint density at radius 3 is 2.67 bits per heavy atom. The lowest BCUT2D eigenvalue weighted by atomic mass is 10.0. The van der Waals surface area contributed by atoms with Gasteiger partial charge in [-0.2, -0.15) is 0 Å². The number of nitrogens with one attached hydrogen (secondary N) is 1. The van der Waals surface area contributed by atoms with Gasteiger partial charge in [0.1, 0.15) is 5.75 Å². The maximum absolute atomic E-state index is 12.7. The van der Waals surface area contributed by atoms with Gasteiger partial charge in [-0.25, -0.2) is 0 Å². The average molecular weight is 405 g/mol. The maximum Gasteiger partial charge on any atom is 0.251 e. The molecule has 0 bridgehead atoms. The van der Waals surface area contributed by atoms with Gasteiger partial charge in [0.2, 0.25) is 5.91 Å². The Balaban J connectivity index is 1.25. The third-order valence-electron chi connectivity index (χ3n) is 5.76. The number of fused-ring (bicyclic) bond motifs is 1. The van der Waals surface area contributed by atoms with Gasteiger partial charge >= 0.3 is 0 Å². The number of methoxy groups -OCH3 is 1. The van der Waals surface area contributed by atoms with Gasteiger partial charge < -0.3 is 19.5 Å². The molecule has 0 spiro atoms. The van der Waals surface area contributed by atoms with Gasteiger partial charge in [0.15, 0.2) is 0 Å². The summed E-state index contributed by atoms with van der Waals surface area (Å²) >= 11 is 0. The van der Waals surface area contributed by atoms with Crippen LogP contribution in [0.25, 0.3) is 10.9 Å². The first-order valence-corrected chi connectivity index (χ1v) is 10.4. The minimum absolute atomic E-state index is 0.0844. The van der Waals surface area contributed by atoms with Crippen molar-refractivity contribution in [1.82, 2.24) is 14.8 Å². The molecule has 6 heteroatoms. The highest BCUT2D eigenvalue weighted by Crippen LogP contribution is 2.18. The van der Waals surface area contributed by atoms with E-state index >= 15 is 0 Å². The number of benzene rings is 2. The van der Waals surface area contributed by atoms with Crippen molar-refractivity contribution in [3.63, 3.8) is 0 Å². The molecule has 1 aromatic heterocycles. The Bertz CT molecular complexity index is 1030. The number of ether oxygens (including phenoxy) is 1. The summed E-state index contributed by atoms with van der Waals surface area (Å²) in [6, 6.07) is 17.5.